The minimum Gasteiger partial charge on any atom is -0.393 e. The van der Waals surface area contributed by atoms with Crippen molar-refractivity contribution >= 4 is 12.3 Å². The lowest BCUT2D eigenvalue weighted by Gasteiger charge is -2.08. The molecule has 0 unspecified atom stereocenters. The molecular formula is C2H6N7O. The molecule has 0 bridgehead atoms. The lowest BCUT2D eigenvalue weighted by Crippen LogP contribution is -2.41. The van der Waals surface area contributed by atoms with Crippen LogP contribution in [0.15, 0.2) is 10.5 Å². The molecule has 55 valence electrons. The minimum atomic E-state index is -0.438. The lowest BCUT2D eigenvalue weighted by molar-refractivity contribution is 0.227. The fourth-order valence-corrected chi connectivity index (χ4v) is 0.227. The second-order valence-electron chi connectivity index (χ2n) is 1.13. The van der Waals surface area contributed by atoms with Crippen LogP contribution in [-0.2, 0) is 0 Å². The minimum absolute atomic E-state index is 0.438. The second-order valence-corrected chi connectivity index (χ2v) is 1.13. The maximum absolute atomic E-state index is 7.82. The van der Waals surface area contributed by atoms with E-state index in [-0.39, 0.29) is 0 Å². The number of guanidine groups is 1. The van der Waals surface area contributed by atoms with Crippen LogP contribution in [0.1, 0.15) is 0 Å². The quantitative estimate of drug-likeness (QED) is 0.113. The molecule has 0 fully saturated rings. The first-order valence-corrected chi connectivity index (χ1v) is 2.09. The van der Waals surface area contributed by atoms with Crippen LogP contribution in [-0.4, -0.2) is 22.6 Å². The molecule has 10 heavy (non-hydrogen) atoms. The molecule has 8 heteroatoms. The van der Waals surface area contributed by atoms with Crippen LogP contribution in [0.5, 0.6) is 0 Å². The molecule has 0 aliphatic heterocycles. The Hall–Kier alpha value is -1.86. The molecule has 0 amide bonds. The molecule has 0 saturated carbocycles. The summed E-state index contributed by atoms with van der Waals surface area (Å²) in [5.41, 5.74) is 6.83. The van der Waals surface area contributed by atoms with E-state index in [4.69, 9.17) is 21.8 Å². The van der Waals surface area contributed by atoms with Crippen LogP contribution in [0, 0.1) is 10.8 Å². The Kier molecular flexibility index (Phi) is 3.31. The summed E-state index contributed by atoms with van der Waals surface area (Å²) in [7, 11) is 0. The molecule has 0 aliphatic rings. The fourth-order valence-electron chi connectivity index (χ4n) is 0.227. The van der Waals surface area contributed by atoms with Gasteiger partial charge in [0, 0.05) is 5.28 Å². The van der Waals surface area contributed by atoms with Gasteiger partial charge in [0.25, 0.3) is 0 Å². The van der Waals surface area contributed by atoms with Crippen LogP contribution in [0.2, 0.25) is 0 Å². The molecule has 0 aliphatic carbocycles. The highest BCUT2D eigenvalue weighted by Gasteiger charge is 1.95. The van der Waals surface area contributed by atoms with Crippen LogP contribution < -0.4 is 11.2 Å². The van der Waals surface area contributed by atoms with Crippen molar-refractivity contribution in [2.24, 2.45) is 16.2 Å². The first kappa shape index (κ1) is 8.14. The summed E-state index contributed by atoms with van der Waals surface area (Å²) in [5, 5.41) is 26.6. The van der Waals surface area contributed by atoms with Gasteiger partial charge in [-0.1, -0.05) is 0 Å². The molecule has 0 aromatic heterocycles. The van der Waals surface area contributed by atoms with E-state index in [1.807, 2.05) is 5.43 Å². The Labute approximate surface area is 56.3 Å². The summed E-state index contributed by atoms with van der Waals surface area (Å²) in [6.45, 7) is 0. The number of hydrogen-bond donors (Lipinski definition) is 5. The average molecular weight is 144 g/mol. The lowest BCUT2D eigenvalue weighted by atomic mass is 11.1. The Morgan fingerprint density at radius 2 is 2.40 bits per heavy atom. The molecule has 6 N–H and O–H groups in total. The summed E-state index contributed by atoms with van der Waals surface area (Å²) >= 11 is 0. The largest absolute Gasteiger partial charge is 0.393 e. The van der Waals surface area contributed by atoms with Gasteiger partial charge < -0.3 is 10.9 Å². The SMILES string of the molecule is N=[C]N(N=NO)NC(=N)N. The number of rotatable bonds is 3. The van der Waals surface area contributed by atoms with Gasteiger partial charge in [-0.25, -0.2) is 5.43 Å². The highest BCUT2D eigenvalue weighted by atomic mass is 16.5. The zero-order chi connectivity index (χ0) is 7.98. The fraction of sp³-hybridized carbons (Fsp3) is 0. The van der Waals surface area contributed by atoms with Gasteiger partial charge in [-0.2, -0.15) is 0 Å². The van der Waals surface area contributed by atoms with Crippen molar-refractivity contribution in [1.82, 2.24) is 10.5 Å². The van der Waals surface area contributed by atoms with E-state index in [2.05, 4.69) is 10.5 Å². The third kappa shape index (κ3) is 3.18. The van der Waals surface area contributed by atoms with E-state index >= 15 is 0 Å². The number of hydrazine groups is 1. The molecule has 0 heterocycles. The summed E-state index contributed by atoms with van der Waals surface area (Å²) in [5.74, 6) is -0.438. The average Bonchev–Trinajstić information content (AvgIpc) is 1.86. The third-order valence-corrected chi connectivity index (χ3v) is 0.462. The number of nitrogens with zero attached hydrogens (tertiary/aromatic N) is 3. The van der Waals surface area contributed by atoms with Gasteiger partial charge in [-0.05, 0) is 5.22 Å². The van der Waals surface area contributed by atoms with Crippen LogP contribution in [0.4, 0.5) is 0 Å². The Morgan fingerprint density at radius 3 is 2.70 bits per heavy atom. The second kappa shape index (κ2) is 4.06. The van der Waals surface area contributed by atoms with Crippen molar-refractivity contribution in [3.63, 3.8) is 0 Å². The van der Waals surface area contributed by atoms with Crippen molar-refractivity contribution in [1.29, 1.82) is 10.8 Å². The van der Waals surface area contributed by atoms with E-state index in [0.29, 0.717) is 5.12 Å². The van der Waals surface area contributed by atoms with Gasteiger partial charge in [0.15, 0.2) is 0 Å². The number of hydrogen-bond acceptors (Lipinski definition) is 4. The molecule has 0 rings (SSSR count). The van der Waals surface area contributed by atoms with Crippen molar-refractivity contribution in [3.05, 3.63) is 0 Å². The third-order valence-electron chi connectivity index (χ3n) is 0.462. The topological polar surface area (TPSA) is 134 Å². The molecule has 0 atom stereocenters. The maximum Gasteiger partial charge on any atom is 0.213 e. The van der Waals surface area contributed by atoms with Gasteiger partial charge in [-0.3, -0.25) is 10.8 Å². The zero-order valence-electron chi connectivity index (χ0n) is 4.87. The highest BCUT2D eigenvalue weighted by Crippen LogP contribution is 1.75. The Balaban J connectivity index is 3.83. The molecule has 8 nitrogen and oxygen atoms in total. The van der Waals surface area contributed by atoms with Crippen molar-refractivity contribution in [3.8, 4) is 0 Å². The summed E-state index contributed by atoms with van der Waals surface area (Å²) in [4.78, 5) is 0. The van der Waals surface area contributed by atoms with Crippen LogP contribution >= 0.6 is 0 Å². The molecular weight excluding hydrogens is 138 g/mol. The summed E-state index contributed by atoms with van der Waals surface area (Å²) < 4.78 is 0. The Bertz CT molecular complexity index is 152. The van der Waals surface area contributed by atoms with Gasteiger partial charge in [0.1, 0.15) is 0 Å². The standard InChI is InChI=1S/C2H6N7O/c3-1-9(7-8-10)6-2(4)5/h3H,(H,7,10)(H4,4,5,6). The van der Waals surface area contributed by atoms with Gasteiger partial charge in [0.05, 0.1) is 0 Å². The van der Waals surface area contributed by atoms with E-state index < -0.39 is 5.96 Å². The van der Waals surface area contributed by atoms with E-state index in [1.165, 1.54) is 0 Å². The molecule has 0 saturated heterocycles. The molecule has 0 spiro atoms. The van der Waals surface area contributed by atoms with E-state index in [1.54, 1.807) is 6.34 Å². The van der Waals surface area contributed by atoms with E-state index in [0.717, 1.165) is 0 Å². The predicted molar refractivity (Wildman–Crippen MR) is 31.3 cm³/mol. The molecule has 1 radical (unpaired) electrons. The highest BCUT2D eigenvalue weighted by molar-refractivity contribution is 5.75. The molecule has 0 aromatic rings. The maximum atomic E-state index is 7.82. The van der Waals surface area contributed by atoms with Crippen LogP contribution in [0.3, 0.4) is 0 Å². The smallest absolute Gasteiger partial charge is 0.213 e. The number of nitrogens with two attached hydrogens (primary N) is 1. The summed E-state index contributed by atoms with van der Waals surface area (Å²) in [6.07, 6.45) is 1.67. The zero-order valence-corrected chi connectivity index (χ0v) is 4.87. The normalized spacial score (nSPS) is 9.20. The summed E-state index contributed by atoms with van der Waals surface area (Å²) in [6, 6.07) is 0. The first-order valence-electron chi connectivity index (χ1n) is 2.09. The van der Waals surface area contributed by atoms with Gasteiger partial charge >= 0.3 is 0 Å². The molecule has 0 aromatic carbocycles. The van der Waals surface area contributed by atoms with E-state index in [9.17, 15) is 0 Å². The van der Waals surface area contributed by atoms with Gasteiger partial charge in [0.2, 0.25) is 12.3 Å². The monoisotopic (exact) mass is 144 g/mol. The van der Waals surface area contributed by atoms with Crippen LogP contribution in [0.25, 0.3) is 0 Å². The van der Waals surface area contributed by atoms with Crippen molar-refractivity contribution in [2.75, 3.05) is 0 Å². The van der Waals surface area contributed by atoms with Crippen molar-refractivity contribution < 1.29 is 5.21 Å². The van der Waals surface area contributed by atoms with Gasteiger partial charge in [-0.15, -0.1) is 5.12 Å². The van der Waals surface area contributed by atoms with Crippen molar-refractivity contribution in [2.45, 2.75) is 0 Å². The number of nitrogens with one attached hydrogen (secondary N) is 3. The Morgan fingerprint density at radius 1 is 1.80 bits per heavy atom. The predicted octanol–water partition coefficient (Wildman–Crippen LogP) is -1.07. The first-order chi connectivity index (χ1) is 4.70.